The number of hydrogen-bond acceptors (Lipinski definition) is 16. The van der Waals surface area contributed by atoms with Gasteiger partial charge in [0.05, 0.1) is 30.0 Å². The molecular formula is C68H94N18O5. The summed E-state index contributed by atoms with van der Waals surface area (Å²) in [4.78, 5) is 76.3. The fourth-order valence-electron chi connectivity index (χ4n) is 12.6. The summed E-state index contributed by atoms with van der Waals surface area (Å²) in [5, 5.41) is 21.1. The molecule has 2 aromatic carbocycles. The normalized spacial score (nSPS) is 18.9. The van der Waals surface area contributed by atoms with E-state index in [0.29, 0.717) is 54.1 Å². The molecule has 0 radical (unpaired) electrons. The van der Waals surface area contributed by atoms with Gasteiger partial charge in [-0.1, -0.05) is 19.1 Å². The highest BCUT2D eigenvalue weighted by atomic mass is 16.6. The van der Waals surface area contributed by atoms with Gasteiger partial charge in [-0.15, -0.1) is 0 Å². The molecule has 0 spiro atoms. The van der Waals surface area contributed by atoms with Crippen LogP contribution in [0.1, 0.15) is 123 Å². The van der Waals surface area contributed by atoms with E-state index in [9.17, 15) is 14.4 Å². The Morgan fingerprint density at radius 3 is 1.84 bits per heavy atom. The van der Waals surface area contributed by atoms with Crippen LogP contribution < -0.4 is 10.6 Å². The van der Waals surface area contributed by atoms with Crippen LogP contribution >= 0.6 is 0 Å². The molecule has 3 amide bonds. The predicted octanol–water partition coefficient (Wildman–Crippen LogP) is 9.15. The molecule has 91 heavy (non-hydrogen) atoms. The van der Waals surface area contributed by atoms with Gasteiger partial charge in [0.25, 0.3) is 11.8 Å². The molecule has 0 saturated carbocycles. The summed E-state index contributed by atoms with van der Waals surface area (Å²) in [6, 6.07) is 13.6. The van der Waals surface area contributed by atoms with E-state index >= 15 is 0 Å². The largest absolute Gasteiger partial charge is 0.444 e. The molecule has 4 fully saturated rings. The third kappa shape index (κ3) is 15.4. The number of benzene rings is 2. The Hall–Kier alpha value is -7.93. The summed E-state index contributed by atoms with van der Waals surface area (Å²) in [5.41, 5.74) is 12.0. The number of pyridine rings is 2. The lowest BCUT2D eigenvalue weighted by molar-refractivity contribution is -0.0365. The predicted molar refractivity (Wildman–Crippen MR) is 356 cm³/mol. The molecule has 0 bridgehead atoms. The second-order valence-electron chi connectivity index (χ2n) is 26.0. The number of ether oxygens (including phenoxy) is 2. The van der Waals surface area contributed by atoms with E-state index in [0.717, 1.165) is 133 Å². The fraction of sp³-hybridized carbons (Fsp3) is 0.515. The molecule has 12 rings (SSSR count). The molecule has 6 aromatic heterocycles. The monoisotopic (exact) mass is 1240 g/mol. The molecule has 486 valence electrons. The maximum Gasteiger partial charge on any atom is 0.410 e. The van der Waals surface area contributed by atoms with Gasteiger partial charge in [0, 0.05) is 118 Å². The third-order valence-corrected chi connectivity index (χ3v) is 18.2. The van der Waals surface area contributed by atoms with E-state index in [2.05, 4.69) is 138 Å². The van der Waals surface area contributed by atoms with Crippen molar-refractivity contribution in [2.24, 2.45) is 0 Å². The number of carbonyl (C=O) groups is 3. The molecule has 10 heterocycles. The number of fused-ring (bicyclic) bond motifs is 2. The van der Waals surface area contributed by atoms with E-state index < -0.39 is 5.60 Å². The zero-order valence-corrected chi connectivity index (χ0v) is 55.6. The maximum absolute atomic E-state index is 13.5. The molecule has 4 unspecified atom stereocenters. The van der Waals surface area contributed by atoms with Crippen molar-refractivity contribution in [3.05, 3.63) is 107 Å². The summed E-state index contributed by atoms with van der Waals surface area (Å²) >= 11 is 0. The van der Waals surface area contributed by atoms with Crippen LogP contribution in [-0.4, -0.2) is 222 Å². The number of rotatable bonds is 16. The van der Waals surface area contributed by atoms with Crippen LogP contribution in [0.25, 0.3) is 67.1 Å². The van der Waals surface area contributed by atoms with E-state index in [4.69, 9.17) is 14.6 Å². The summed E-state index contributed by atoms with van der Waals surface area (Å²) in [6.45, 7) is 23.3. The zero-order valence-electron chi connectivity index (χ0n) is 55.6. The Kier molecular flexibility index (Phi) is 21.1. The summed E-state index contributed by atoms with van der Waals surface area (Å²) < 4.78 is 13.8. The minimum absolute atomic E-state index is 0.0521. The Labute approximate surface area is 535 Å². The lowest BCUT2D eigenvalue weighted by Gasteiger charge is -2.27. The molecule has 4 aliphatic rings. The number of imidazole rings is 2. The van der Waals surface area contributed by atoms with Gasteiger partial charge in [-0.25, -0.2) is 19.4 Å². The first-order valence-corrected chi connectivity index (χ1v) is 32.3. The van der Waals surface area contributed by atoms with Crippen molar-refractivity contribution in [1.82, 2.24) is 89.9 Å². The molecule has 4 atom stereocenters. The first-order valence-electron chi connectivity index (χ1n) is 32.3. The minimum atomic E-state index is -0.579. The number of aromatic amines is 3. The van der Waals surface area contributed by atoms with Gasteiger partial charge in [-0.05, 0) is 192 Å². The Morgan fingerprint density at radius 2 is 1.30 bits per heavy atom. The fourth-order valence-corrected chi connectivity index (χ4v) is 12.6. The van der Waals surface area contributed by atoms with Crippen LogP contribution in [0.4, 0.5) is 4.79 Å². The SMILES string of the molecule is CCN(Cc1cncc(-c2ccc3c(c2)c(-c2ncc(C(=O)N(C)C4CCN(C)C4)[nH]2)nn3C2CCCCO2)c1C)C(=O)OC(C)(C)C.CCNCc1cncc(-c2ccc3[nH]nc(-c4ncc(C(=O)N(C)C5CCN(C)C5)[nH]4)c3c2)c1C.CNC1CCN(C)C1. The van der Waals surface area contributed by atoms with Crippen molar-refractivity contribution in [1.29, 1.82) is 0 Å². The van der Waals surface area contributed by atoms with Crippen LogP contribution in [0, 0.1) is 13.8 Å². The van der Waals surface area contributed by atoms with Gasteiger partial charge in [-0.3, -0.25) is 24.7 Å². The summed E-state index contributed by atoms with van der Waals surface area (Å²) in [5.74, 6) is 0.972. The molecule has 8 aromatic rings. The van der Waals surface area contributed by atoms with Crippen LogP contribution in [0.3, 0.4) is 0 Å². The van der Waals surface area contributed by atoms with E-state index in [-0.39, 0.29) is 36.2 Å². The first kappa shape index (κ1) is 66.0. The smallest absolute Gasteiger partial charge is 0.410 e. The molecule has 4 aliphatic heterocycles. The number of carbonyl (C=O) groups excluding carboxylic acids is 3. The molecule has 5 N–H and O–H groups in total. The standard InChI is InChI=1S/C36H48N8O4.C26H32N8O.C6H14N2/c1-8-43(35(46)48-36(3,4)5)21-25-18-37-19-28(23(25)2)24-12-13-30-27(17-24)32(40-44(30)31-11-9-10-16-47-31)33-38-20-29(39-33)34(45)42(7)26-14-15-41(6)22-26;1-5-27-11-18-12-28-13-21(16(18)2)17-6-7-22-20(10-17)24(32-31-22)25-29-14-23(30-25)26(35)34(4)19-8-9-33(3)15-19;1-7-6-3-4-8(2)5-6/h12-13,17-20,26,31H,8-11,14-16,21-22H2,1-7H3,(H,38,39);6-7,10,12-14,19,27H,5,8-9,11,15H2,1-4H3,(H,29,30)(H,31,32);6-7H,3-5H2,1-2H3. The molecule has 23 nitrogen and oxygen atoms in total. The Bertz CT molecular complexity index is 3800. The lowest BCUT2D eigenvalue weighted by atomic mass is 9.97. The van der Waals surface area contributed by atoms with Crippen LogP contribution in [0.5, 0.6) is 0 Å². The van der Waals surface area contributed by atoms with Gasteiger partial charge in [-0.2, -0.15) is 10.2 Å². The molecule has 23 heteroatoms. The number of H-pyrrole nitrogens is 3. The number of hydrogen-bond donors (Lipinski definition) is 5. The molecule has 0 aliphatic carbocycles. The average molecular weight is 1240 g/mol. The van der Waals surface area contributed by atoms with Crippen LogP contribution in [0.2, 0.25) is 0 Å². The second-order valence-corrected chi connectivity index (χ2v) is 26.0. The van der Waals surface area contributed by atoms with Gasteiger partial charge in [0.1, 0.15) is 28.4 Å². The molecule has 4 saturated heterocycles. The highest BCUT2D eigenvalue weighted by molar-refractivity contribution is 5.98. The summed E-state index contributed by atoms with van der Waals surface area (Å²) in [6.07, 6.45) is 16.4. The highest BCUT2D eigenvalue weighted by Crippen LogP contribution is 2.37. The van der Waals surface area contributed by atoms with Crippen LogP contribution in [-0.2, 0) is 22.6 Å². The molecular weight excluding hydrogens is 1150 g/mol. The first-order chi connectivity index (χ1) is 43.7. The van der Waals surface area contributed by atoms with Crippen molar-refractivity contribution in [2.75, 3.05) is 101 Å². The van der Waals surface area contributed by atoms with Crippen molar-refractivity contribution in [2.45, 2.75) is 130 Å². The maximum atomic E-state index is 13.5. The minimum Gasteiger partial charge on any atom is -0.444 e. The van der Waals surface area contributed by atoms with Crippen molar-refractivity contribution < 1.29 is 23.9 Å². The topological polar surface area (TPSA) is 243 Å². The van der Waals surface area contributed by atoms with E-state index in [1.165, 1.54) is 30.6 Å². The van der Waals surface area contributed by atoms with Gasteiger partial charge < -0.3 is 59.5 Å². The van der Waals surface area contributed by atoms with Gasteiger partial charge >= 0.3 is 6.09 Å². The number of likely N-dealkylation sites (tertiary alicyclic amines) is 3. The number of aromatic nitrogens is 10. The van der Waals surface area contributed by atoms with Crippen molar-refractivity contribution in [3.63, 3.8) is 0 Å². The highest BCUT2D eigenvalue weighted by Gasteiger charge is 2.32. The van der Waals surface area contributed by atoms with Crippen LogP contribution in [0.15, 0.2) is 73.6 Å². The lowest BCUT2D eigenvalue weighted by Crippen LogP contribution is -2.38. The third-order valence-electron chi connectivity index (χ3n) is 18.2. The number of amides is 3. The van der Waals surface area contributed by atoms with Gasteiger partial charge in [0.2, 0.25) is 0 Å². The number of nitrogens with zero attached hydrogens (tertiary/aromatic N) is 13. The Morgan fingerprint density at radius 1 is 0.714 bits per heavy atom. The number of likely N-dealkylation sites (N-methyl/N-ethyl adjacent to an activating group) is 6. The Balaban J connectivity index is 0.000000184. The number of nitrogens with one attached hydrogen (secondary N) is 5. The zero-order chi connectivity index (χ0) is 64.7. The quantitative estimate of drug-likeness (QED) is 0.0606. The van der Waals surface area contributed by atoms with Gasteiger partial charge in [0.15, 0.2) is 17.9 Å². The van der Waals surface area contributed by atoms with E-state index in [1.807, 2.05) is 94.2 Å². The van der Waals surface area contributed by atoms with Crippen molar-refractivity contribution >= 4 is 39.7 Å². The summed E-state index contributed by atoms with van der Waals surface area (Å²) in [7, 11) is 12.1. The second kappa shape index (κ2) is 29.1. The average Bonchev–Trinajstić information content (AvgIpc) is 1.67. The van der Waals surface area contributed by atoms with E-state index in [1.54, 1.807) is 17.3 Å². The van der Waals surface area contributed by atoms with Crippen molar-refractivity contribution in [3.8, 4) is 45.3 Å².